The Morgan fingerprint density at radius 1 is 1.17 bits per heavy atom. The van der Waals surface area contributed by atoms with Gasteiger partial charge in [0.15, 0.2) is 0 Å². The molecule has 0 saturated carbocycles. The molecule has 2 aliphatic rings. The van der Waals surface area contributed by atoms with Gasteiger partial charge in [-0.2, -0.15) is 0 Å². The Kier molecular flexibility index (Phi) is 6.39. The van der Waals surface area contributed by atoms with Crippen molar-refractivity contribution in [1.82, 2.24) is 15.5 Å². The molecule has 154 valence electrons. The molecule has 0 radical (unpaired) electrons. The molecule has 29 heavy (non-hydrogen) atoms. The van der Waals surface area contributed by atoms with Gasteiger partial charge in [-0.15, -0.1) is 0 Å². The normalized spacial score (nSPS) is 18.2. The van der Waals surface area contributed by atoms with Gasteiger partial charge in [0.2, 0.25) is 0 Å². The summed E-state index contributed by atoms with van der Waals surface area (Å²) in [6.07, 6.45) is 0. The number of nitrogens with one attached hydrogen (secondary N) is 2. The lowest BCUT2D eigenvalue weighted by molar-refractivity contribution is 0.0162. The van der Waals surface area contributed by atoms with Gasteiger partial charge in [0.05, 0.1) is 19.3 Å². The quantitative estimate of drug-likeness (QED) is 0.807. The highest BCUT2D eigenvalue weighted by molar-refractivity contribution is 5.96. The fraction of sp³-hybridized carbons (Fsp3) is 0.409. The van der Waals surface area contributed by atoms with Crippen LogP contribution in [-0.2, 0) is 11.3 Å². The zero-order chi connectivity index (χ0) is 20.1. The molecule has 2 heterocycles. The van der Waals surface area contributed by atoms with Crippen LogP contribution in [0.1, 0.15) is 27.5 Å². The van der Waals surface area contributed by atoms with Gasteiger partial charge in [0.25, 0.3) is 5.91 Å². The van der Waals surface area contributed by atoms with Crippen molar-refractivity contribution < 1.29 is 18.7 Å². The van der Waals surface area contributed by atoms with Gasteiger partial charge in [-0.1, -0.05) is 18.2 Å². The third kappa shape index (κ3) is 4.75. The number of nitrogens with zero attached hydrogens (tertiary/aromatic N) is 1. The Hall–Kier alpha value is -2.48. The molecule has 2 aromatic rings. The van der Waals surface area contributed by atoms with Gasteiger partial charge >= 0.3 is 0 Å². The first-order valence-corrected chi connectivity index (χ1v) is 10.0. The van der Waals surface area contributed by atoms with Crippen LogP contribution < -0.4 is 15.4 Å². The number of amides is 1. The summed E-state index contributed by atoms with van der Waals surface area (Å²) in [6, 6.07) is 12.0. The molecule has 1 fully saturated rings. The van der Waals surface area contributed by atoms with Crippen LogP contribution in [0.5, 0.6) is 5.75 Å². The van der Waals surface area contributed by atoms with E-state index in [1.807, 2.05) is 24.3 Å². The molecule has 4 rings (SSSR count). The molecule has 7 heteroatoms. The topological polar surface area (TPSA) is 62.8 Å². The summed E-state index contributed by atoms with van der Waals surface area (Å²) in [6.45, 7) is 5.07. The first-order valence-electron chi connectivity index (χ1n) is 10.0. The van der Waals surface area contributed by atoms with Crippen molar-refractivity contribution in [3.63, 3.8) is 0 Å². The Balaban J connectivity index is 1.52. The van der Waals surface area contributed by atoms with E-state index in [-0.39, 0.29) is 17.8 Å². The third-order valence-corrected chi connectivity index (χ3v) is 5.39. The lowest BCUT2D eigenvalue weighted by Crippen LogP contribution is -2.44. The molecule has 0 aromatic heterocycles. The van der Waals surface area contributed by atoms with Crippen LogP contribution in [0.2, 0.25) is 0 Å². The van der Waals surface area contributed by atoms with E-state index in [1.54, 1.807) is 12.1 Å². The number of benzene rings is 2. The summed E-state index contributed by atoms with van der Waals surface area (Å²) in [4.78, 5) is 15.2. The Morgan fingerprint density at radius 2 is 2.00 bits per heavy atom. The number of carbonyl (C=O) groups is 1. The molecular weight excluding hydrogens is 373 g/mol. The Labute approximate surface area is 170 Å². The highest BCUT2D eigenvalue weighted by Crippen LogP contribution is 2.25. The van der Waals surface area contributed by atoms with Crippen LogP contribution in [0.25, 0.3) is 0 Å². The predicted octanol–water partition coefficient (Wildman–Crippen LogP) is 2.11. The average molecular weight is 399 g/mol. The first-order chi connectivity index (χ1) is 14.2. The fourth-order valence-electron chi connectivity index (χ4n) is 3.89. The van der Waals surface area contributed by atoms with Crippen LogP contribution in [0.4, 0.5) is 4.39 Å². The molecule has 0 bridgehead atoms. The molecule has 1 unspecified atom stereocenters. The largest absolute Gasteiger partial charge is 0.492 e. The second-order valence-electron chi connectivity index (χ2n) is 7.24. The van der Waals surface area contributed by atoms with Gasteiger partial charge in [-0.05, 0) is 29.8 Å². The van der Waals surface area contributed by atoms with E-state index in [2.05, 4.69) is 15.5 Å². The van der Waals surface area contributed by atoms with Gasteiger partial charge in [0.1, 0.15) is 18.2 Å². The van der Waals surface area contributed by atoms with Crippen LogP contribution in [-0.4, -0.2) is 56.8 Å². The molecule has 1 atom stereocenters. The van der Waals surface area contributed by atoms with Crippen LogP contribution in [0, 0.1) is 5.82 Å². The monoisotopic (exact) mass is 399 g/mol. The summed E-state index contributed by atoms with van der Waals surface area (Å²) in [7, 11) is 0. The molecule has 0 aliphatic carbocycles. The lowest BCUT2D eigenvalue weighted by Gasteiger charge is -2.35. The number of morpholine rings is 1. The maximum atomic E-state index is 13.8. The Morgan fingerprint density at radius 3 is 2.83 bits per heavy atom. The maximum absolute atomic E-state index is 13.8. The molecule has 1 saturated heterocycles. The van der Waals surface area contributed by atoms with Gasteiger partial charge < -0.3 is 20.1 Å². The van der Waals surface area contributed by atoms with E-state index in [0.717, 1.165) is 36.5 Å². The number of rotatable bonds is 5. The molecule has 0 spiro atoms. The summed E-state index contributed by atoms with van der Waals surface area (Å²) < 4.78 is 25.0. The molecule has 2 aromatic carbocycles. The second-order valence-corrected chi connectivity index (χ2v) is 7.24. The van der Waals surface area contributed by atoms with Crippen LogP contribution in [0.3, 0.4) is 0 Å². The molecule has 1 amide bonds. The van der Waals surface area contributed by atoms with Crippen molar-refractivity contribution in [2.75, 3.05) is 46.0 Å². The van der Waals surface area contributed by atoms with E-state index in [0.29, 0.717) is 38.5 Å². The molecular formula is C22H26FN3O3. The molecule has 2 aliphatic heterocycles. The van der Waals surface area contributed by atoms with Crippen LogP contribution in [0.15, 0.2) is 42.5 Å². The summed E-state index contributed by atoms with van der Waals surface area (Å²) in [5.41, 5.74) is 2.33. The number of halogens is 1. The smallest absolute Gasteiger partial charge is 0.251 e. The van der Waals surface area contributed by atoms with Gasteiger partial charge in [-0.25, -0.2) is 4.39 Å². The maximum Gasteiger partial charge on any atom is 0.251 e. The van der Waals surface area contributed by atoms with E-state index >= 15 is 0 Å². The number of hydrogen-bond acceptors (Lipinski definition) is 5. The highest BCUT2D eigenvalue weighted by Gasteiger charge is 2.25. The van der Waals surface area contributed by atoms with E-state index in [1.165, 1.54) is 6.07 Å². The zero-order valence-electron chi connectivity index (χ0n) is 16.3. The molecule has 2 N–H and O–H groups in total. The zero-order valence-corrected chi connectivity index (χ0v) is 16.3. The van der Waals surface area contributed by atoms with Gasteiger partial charge in [-0.3, -0.25) is 9.69 Å². The summed E-state index contributed by atoms with van der Waals surface area (Å²) >= 11 is 0. The fourth-order valence-corrected chi connectivity index (χ4v) is 3.89. The SMILES string of the molecule is O=C(NCC(c1cccc(F)c1)N1CCOCC1)c1cccc2c1CNCCO2. The van der Waals surface area contributed by atoms with Crippen molar-refractivity contribution in [1.29, 1.82) is 0 Å². The molecule has 6 nitrogen and oxygen atoms in total. The number of ether oxygens (including phenoxy) is 2. The second kappa shape index (κ2) is 9.35. The average Bonchev–Trinajstić information content (AvgIpc) is 3.00. The minimum Gasteiger partial charge on any atom is -0.492 e. The van der Waals surface area contributed by atoms with E-state index in [4.69, 9.17) is 9.47 Å². The summed E-state index contributed by atoms with van der Waals surface area (Å²) in [5.74, 6) is 0.324. The van der Waals surface area contributed by atoms with Crippen molar-refractivity contribution in [3.05, 3.63) is 65.0 Å². The number of hydrogen-bond donors (Lipinski definition) is 2. The van der Waals surface area contributed by atoms with Crippen molar-refractivity contribution in [3.8, 4) is 5.75 Å². The Bertz CT molecular complexity index is 855. The minimum atomic E-state index is -0.274. The lowest BCUT2D eigenvalue weighted by atomic mass is 10.0. The van der Waals surface area contributed by atoms with Crippen molar-refractivity contribution >= 4 is 5.91 Å². The number of fused-ring (bicyclic) bond motifs is 1. The minimum absolute atomic E-state index is 0.116. The number of carbonyl (C=O) groups excluding carboxylic acids is 1. The highest BCUT2D eigenvalue weighted by atomic mass is 19.1. The predicted molar refractivity (Wildman–Crippen MR) is 108 cm³/mol. The van der Waals surface area contributed by atoms with Crippen molar-refractivity contribution in [2.24, 2.45) is 0 Å². The first kappa shape index (κ1) is 19.8. The standard InChI is InChI=1S/C22H26FN3O3/c23-17-4-1-3-16(13-17)20(26-8-11-28-12-9-26)15-25-22(27)18-5-2-6-21-19(18)14-24-7-10-29-21/h1-6,13,20,24H,7-12,14-15H2,(H,25,27). The van der Waals surface area contributed by atoms with Crippen LogP contribution >= 0.6 is 0 Å². The summed E-state index contributed by atoms with van der Waals surface area (Å²) in [5, 5.41) is 6.34. The van der Waals surface area contributed by atoms with E-state index < -0.39 is 0 Å². The van der Waals surface area contributed by atoms with Crippen molar-refractivity contribution in [2.45, 2.75) is 12.6 Å². The van der Waals surface area contributed by atoms with Gasteiger partial charge in [0, 0.05) is 43.9 Å². The third-order valence-electron chi connectivity index (χ3n) is 5.39. The van der Waals surface area contributed by atoms with E-state index in [9.17, 15) is 9.18 Å².